The molecule has 3 rings (SSSR count). The van der Waals surface area contributed by atoms with Crippen molar-refractivity contribution in [3.8, 4) is 0 Å². The molecule has 0 radical (unpaired) electrons. The highest BCUT2D eigenvalue weighted by Crippen LogP contribution is 2.36. The molecule has 4 heteroatoms. The van der Waals surface area contributed by atoms with Crippen LogP contribution in [0.4, 0.5) is 0 Å². The highest BCUT2D eigenvalue weighted by atomic mass is 16.4. The van der Waals surface area contributed by atoms with Crippen LogP contribution in [0.3, 0.4) is 0 Å². The lowest BCUT2D eigenvalue weighted by molar-refractivity contribution is -0.142. The summed E-state index contributed by atoms with van der Waals surface area (Å²) in [5.41, 5.74) is 1.23. The van der Waals surface area contributed by atoms with Crippen LogP contribution in [0.15, 0.2) is 60.7 Å². The van der Waals surface area contributed by atoms with E-state index in [4.69, 9.17) is 0 Å². The highest BCUT2D eigenvalue weighted by molar-refractivity contribution is 5.88. The first-order valence-electron chi connectivity index (χ1n) is 8.54. The number of carboxylic acid groups (broad SMARTS) is 1. The zero-order valence-corrected chi connectivity index (χ0v) is 14.6. The third-order valence-electron chi connectivity index (χ3n) is 5.18. The van der Waals surface area contributed by atoms with Crippen molar-refractivity contribution < 1.29 is 14.7 Å². The van der Waals surface area contributed by atoms with Crippen LogP contribution in [-0.2, 0) is 15.0 Å². The Labute approximate surface area is 148 Å². The van der Waals surface area contributed by atoms with E-state index >= 15 is 0 Å². The molecular formula is C21H23NO3. The summed E-state index contributed by atoms with van der Waals surface area (Å²) in [6.07, 6.45) is 0. The molecule has 0 saturated carbocycles. The monoisotopic (exact) mass is 337 g/mol. The maximum absolute atomic E-state index is 13.1. The second-order valence-corrected chi connectivity index (χ2v) is 7.16. The summed E-state index contributed by atoms with van der Waals surface area (Å²) in [7, 11) is 0. The number of carbonyl (C=O) groups is 2. The molecule has 130 valence electrons. The molecule has 0 spiro atoms. The maximum atomic E-state index is 13.1. The molecule has 0 bridgehead atoms. The zero-order chi connectivity index (χ0) is 18.0. The minimum Gasteiger partial charge on any atom is -0.481 e. The summed E-state index contributed by atoms with van der Waals surface area (Å²) < 4.78 is 0. The molecule has 1 amide bonds. The first-order chi connectivity index (χ1) is 11.9. The van der Waals surface area contributed by atoms with E-state index in [2.05, 4.69) is 0 Å². The third kappa shape index (κ3) is 3.29. The van der Waals surface area contributed by atoms with Crippen LogP contribution in [0.5, 0.6) is 0 Å². The number of hydrogen-bond acceptors (Lipinski definition) is 2. The van der Waals surface area contributed by atoms with Gasteiger partial charge in [-0.05, 0) is 25.0 Å². The van der Waals surface area contributed by atoms with Gasteiger partial charge in [-0.2, -0.15) is 0 Å². The zero-order valence-electron chi connectivity index (χ0n) is 14.6. The van der Waals surface area contributed by atoms with E-state index in [1.165, 1.54) is 0 Å². The van der Waals surface area contributed by atoms with Crippen molar-refractivity contribution in [1.29, 1.82) is 0 Å². The summed E-state index contributed by atoms with van der Waals surface area (Å²) in [6.45, 7) is 4.49. The summed E-state index contributed by atoms with van der Waals surface area (Å²) in [5, 5.41) is 9.63. The van der Waals surface area contributed by atoms with Gasteiger partial charge < -0.3 is 10.0 Å². The molecule has 1 fully saturated rings. The van der Waals surface area contributed by atoms with Gasteiger partial charge in [0.2, 0.25) is 5.91 Å². The highest BCUT2D eigenvalue weighted by Gasteiger charge is 2.44. The molecule has 0 aliphatic carbocycles. The molecular weight excluding hydrogens is 314 g/mol. The van der Waals surface area contributed by atoms with Crippen LogP contribution in [-0.4, -0.2) is 35.0 Å². The van der Waals surface area contributed by atoms with Gasteiger partial charge in [0.15, 0.2) is 0 Å². The first-order valence-corrected chi connectivity index (χ1v) is 8.54. The van der Waals surface area contributed by atoms with E-state index in [1.54, 1.807) is 4.90 Å². The number of likely N-dealkylation sites (tertiary alicyclic amines) is 1. The maximum Gasteiger partial charge on any atom is 0.308 e. The van der Waals surface area contributed by atoms with E-state index in [9.17, 15) is 14.7 Å². The molecule has 1 aliphatic heterocycles. The van der Waals surface area contributed by atoms with Crippen molar-refractivity contribution >= 4 is 11.9 Å². The number of carboxylic acids is 1. The molecule has 2 unspecified atom stereocenters. The van der Waals surface area contributed by atoms with Gasteiger partial charge in [0.25, 0.3) is 0 Å². The average molecular weight is 337 g/mol. The molecule has 1 N–H and O–H groups in total. The van der Waals surface area contributed by atoms with Gasteiger partial charge in [0, 0.05) is 19.0 Å². The van der Waals surface area contributed by atoms with Crippen LogP contribution in [0, 0.1) is 5.92 Å². The van der Waals surface area contributed by atoms with Crippen molar-refractivity contribution in [2.45, 2.75) is 25.2 Å². The van der Waals surface area contributed by atoms with Crippen molar-refractivity contribution in [3.05, 3.63) is 71.8 Å². The lowest BCUT2D eigenvalue weighted by Gasteiger charge is -2.30. The largest absolute Gasteiger partial charge is 0.481 e. The van der Waals surface area contributed by atoms with E-state index in [1.807, 2.05) is 74.5 Å². The Kier molecular flexibility index (Phi) is 4.62. The van der Waals surface area contributed by atoms with Gasteiger partial charge in [-0.15, -0.1) is 0 Å². The number of hydrogen-bond donors (Lipinski definition) is 1. The lowest BCUT2D eigenvalue weighted by atomic mass is 9.83. The molecule has 0 aromatic heterocycles. The Morgan fingerprint density at radius 3 is 2.08 bits per heavy atom. The molecule has 2 aromatic rings. The Morgan fingerprint density at radius 1 is 0.960 bits per heavy atom. The number of benzene rings is 2. The van der Waals surface area contributed by atoms with Crippen LogP contribution in [0.1, 0.15) is 30.9 Å². The molecule has 1 saturated heterocycles. The third-order valence-corrected chi connectivity index (χ3v) is 5.18. The van der Waals surface area contributed by atoms with Gasteiger partial charge in [0.1, 0.15) is 0 Å². The topological polar surface area (TPSA) is 57.6 Å². The Morgan fingerprint density at radius 2 is 1.52 bits per heavy atom. The first kappa shape index (κ1) is 17.2. The minimum atomic E-state index is -0.846. The minimum absolute atomic E-state index is 0.0246. The van der Waals surface area contributed by atoms with Crippen LogP contribution < -0.4 is 0 Å². The summed E-state index contributed by atoms with van der Waals surface area (Å²) in [4.78, 5) is 26.6. The number of aliphatic carboxylic acids is 1. The predicted molar refractivity (Wildman–Crippen MR) is 96.4 cm³/mol. The van der Waals surface area contributed by atoms with Crippen LogP contribution in [0.25, 0.3) is 0 Å². The van der Waals surface area contributed by atoms with Crippen LogP contribution >= 0.6 is 0 Å². The van der Waals surface area contributed by atoms with E-state index in [0.717, 1.165) is 11.1 Å². The molecule has 1 heterocycles. The fourth-order valence-corrected chi connectivity index (χ4v) is 3.63. The average Bonchev–Trinajstić information content (AvgIpc) is 3.08. The summed E-state index contributed by atoms with van der Waals surface area (Å²) in [5.74, 6) is -1.61. The van der Waals surface area contributed by atoms with Crippen LogP contribution in [0.2, 0.25) is 0 Å². The second-order valence-electron chi connectivity index (χ2n) is 7.16. The van der Waals surface area contributed by atoms with E-state index < -0.39 is 17.3 Å². The lowest BCUT2D eigenvalue weighted by Crippen LogP contribution is -2.42. The number of carbonyl (C=O) groups excluding carboxylic acids is 1. The van der Waals surface area contributed by atoms with Crippen molar-refractivity contribution in [1.82, 2.24) is 4.90 Å². The molecule has 2 atom stereocenters. The fourth-order valence-electron chi connectivity index (χ4n) is 3.63. The number of rotatable bonds is 4. The van der Waals surface area contributed by atoms with E-state index in [0.29, 0.717) is 6.54 Å². The smallest absolute Gasteiger partial charge is 0.308 e. The van der Waals surface area contributed by atoms with Gasteiger partial charge in [0.05, 0.1) is 11.3 Å². The molecule has 1 aliphatic rings. The SMILES string of the molecule is CC(C)(C(=O)N1CC(C(=O)O)C(c2ccccc2)C1)c1ccccc1. The van der Waals surface area contributed by atoms with E-state index in [-0.39, 0.29) is 18.4 Å². The normalized spacial score (nSPS) is 20.5. The van der Waals surface area contributed by atoms with Crippen molar-refractivity contribution in [2.24, 2.45) is 5.92 Å². The quantitative estimate of drug-likeness (QED) is 0.931. The summed E-state index contributed by atoms with van der Waals surface area (Å²) >= 11 is 0. The Bertz CT molecular complexity index is 755. The second kappa shape index (κ2) is 6.71. The molecule has 25 heavy (non-hydrogen) atoms. The standard InChI is InChI=1S/C21H23NO3/c1-21(2,16-11-7-4-8-12-16)20(25)22-13-17(18(14-22)19(23)24)15-9-5-3-6-10-15/h3-12,17-18H,13-14H2,1-2H3,(H,23,24). The molecule has 2 aromatic carbocycles. The van der Waals surface area contributed by atoms with Crippen molar-refractivity contribution in [2.75, 3.05) is 13.1 Å². The number of nitrogens with zero attached hydrogens (tertiary/aromatic N) is 1. The van der Waals surface area contributed by atoms with Crippen molar-refractivity contribution in [3.63, 3.8) is 0 Å². The Balaban J connectivity index is 1.86. The van der Waals surface area contributed by atoms with Gasteiger partial charge in [-0.3, -0.25) is 9.59 Å². The van der Waals surface area contributed by atoms with Gasteiger partial charge >= 0.3 is 5.97 Å². The Hall–Kier alpha value is -2.62. The van der Waals surface area contributed by atoms with Gasteiger partial charge in [-0.1, -0.05) is 60.7 Å². The summed E-state index contributed by atoms with van der Waals surface area (Å²) in [6, 6.07) is 19.3. The predicted octanol–water partition coefficient (Wildman–Crippen LogP) is 3.29. The number of amides is 1. The van der Waals surface area contributed by atoms with Gasteiger partial charge in [-0.25, -0.2) is 0 Å². The fraction of sp³-hybridized carbons (Fsp3) is 0.333. The molecule has 4 nitrogen and oxygen atoms in total.